The van der Waals surface area contributed by atoms with Crippen molar-refractivity contribution < 1.29 is 9.53 Å². The third kappa shape index (κ3) is 1.64. The van der Waals surface area contributed by atoms with E-state index in [1.165, 1.54) is 6.42 Å². The number of ketones is 1. The van der Waals surface area contributed by atoms with Crippen LogP contribution >= 0.6 is 0 Å². The summed E-state index contributed by atoms with van der Waals surface area (Å²) in [5.41, 5.74) is 0.292. The Morgan fingerprint density at radius 1 is 1.46 bits per heavy atom. The molecule has 13 heavy (non-hydrogen) atoms. The highest BCUT2D eigenvalue weighted by Crippen LogP contribution is 2.44. The van der Waals surface area contributed by atoms with Gasteiger partial charge in [-0.05, 0) is 31.6 Å². The minimum Gasteiger partial charge on any atom is -0.374 e. The largest absolute Gasteiger partial charge is 0.374 e. The Labute approximate surface area is 79.7 Å². The number of rotatable bonds is 0. The van der Waals surface area contributed by atoms with Crippen molar-refractivity contribution in [2.45, 2.75) is 58.2 Å². The molecule has 74 valence electrons. The summed E-state index contributed by atoms with van der Waals surface area (Å²) in [4.78, 5) is 11.3. The van der Waals surface area contributed by atoms with Gasteiger partial charge < -0.3 is 4.74 Å². The second kappa shape index (κ2) is 3.09. The SMILES string of the molecule is CC1CCC2(C)CCC(=O)CC2O1. The predicted molar refractivity (Wildman–Crippen MR) is 50.5 cm³/mol. The van der Waals surface area contributed by atoms with Crippen LogP contribution in [0, 0.1) is 5.41 Å². The molecule has 3 unspecified atom stereocenters. The molecule has 0 aromatic rings. The van der Waals surface area contributed by atoms with Gasteiger partial charge in [0.15, 0.2) is 0 Å². The quantitative estimate of drug-likeness (QED) is 0.574. The first-order valence-corrected chi connectivity index (χ1v) is 5.27. The fraction of sp³-hybridized carbons (Fsp3) is 0.909. The van der Waals surface area contributed by atoms with Crippen LogP contribution in [0.5, 0.6) is 0 Å². The van der Waals surface area contributed by atoms with Crippen LogP contribution in [-0.2, 0) is 9.53 Å². The molecule has 1 aliphatic heterocycles. The van der Waals surface area contributed by atoms with Gasteiger partial charge in [-0.15, -0.1) is 0 Å². The number of carbonyl (C=O) groups excluding carboxylic acids is 1. The van der Waals surface area contributed by atoms with Crippen molar-refractivity contribution in [3.63, 3.8) is 0 Å². The van der Waals surface area contributed by atoms with Crippen LogP contribution < -0.4 is 0 Å². The van der Waals surface area contributed by atoms with Gasteiger partial charge in [0.2, 0.25) is 0 Å². The van der Waals surface area contributed by atoms with E-state index in [1.54, 1.807) is 0 Å². The highest BCUT2D eigenvalue weighted by atomic mass is 16.5. The molecule has 0 radical (unpaired) electrons. The molecule has 2 nitrogen and oxygen atoms in total. The van der Waals surface area contributed by atoms with Gasteiger partial charge in [0.25, 0.3) is 0 Å². The molecule has 0 amide bonds. The molecule has 1 heterocycles. The van der Waals surface area contributed by atoms with Crippen LogP contribution in [-0.4, -0.2) is 18.0 Å². The van der Waals surface area contributed by atoms with Gasteiger partial charge in [0.05, 0.1) is 12.2 Å². The number of hydrogen-bond donors (Lipinski definition) is 0. The van der Waals surface area contributed by atoms with E-state index < -0.39 is 0 Å². The third-order valence-electron chi connectivity index (χ3n) is 3.68. The second-order valence-electron chi connectivity index (χ2n) is 4.87. The van der Waals surface area contributed by atoms with Crippen molar-refractivity contribution >= 4 is 5.78 Å². The Balaban J connectivity index is 2.11. The first-order chi connectivity index (χ1) is 6.10. The fourth-order valence-corrected chi connectivity index (χ4v) is 2.52. The van der Waals surface area contributed by atoms with E-state index in [4.69, 9.17) is 4.74 Å². The van der Waals surface area contributed by atoms with E-state index in [0.29, 0.717) is 23.7 Å². The van der Waals surface area contributed by atoms with Crippen molar-refractivity contribution in [1.82, 2.24) is 0 Å². The lowest BCUT2D eigenvalue weighted by molar-refractivity contribution is -0.152. The minimum absolute atomic E-state index is 0.206. The molecule has 0 aromatic heterocycles. The van der Waals surface area contributed by atoms with Gasteiger partial charge in [0, 0.05) is 12.8 Å². The zero-order valence-electron chi connectivity index (χ0n) is 8.51. The Hall–Kier alpha value is -0.370. The zero-order chi connectivity index (χ0) is 9.47. The number of hydrogen-bond acceptors (Lipinski definition) is 2. The lowest BCUT2D eigenvalue weighted by Gasteiger charge is -2.46. The van der Waals surface area contributed by atoms with Crippen LogP contribution in [0.25, 0.3) is 0 Å². The molecular weight excluding hydrogens is 164 g/mol. The van der Waals surface area contributed by atoms with Gasteiger partial charge in [0.1, 0.15) is 5.78 Å². The molecule has 0 N–H and O–H groups in total. The summed E-state index contributed by atoms with van der Waals surface area (Å²) < 4.78 is 5.84. The molecule has 1 saturated heterocycles. The molecule has 2 rings (SSSR count). The lowest BCUT2D eigenvalue weighted by atomic mass is 9.68. The molecule has 1 saturated carbocycles. The van der Waals surface area contributed by atoms with Crippen molar-refractivity contribution in [2.24, 2.45) is 5.41 Å². The number of ether oxygens (including phenoxy) is 1. The summed E-state index contributed by atoms with van der Waals surface area (Å²) >= 11 is 0. The smallest absolute Gasteiger partial charge is 0.135 e. The third-order valence-corrected chi connectivity index (χ3v) is 3.68. The van der Waals surface area contributed by atoms with Crippen molar-refractivity contribution in [2.75, 3.05) is 0 Å². The van der Waals surface area contributed by atoms with E-state index in [9.17, 15) is 4.79 Å². The number of Topliss-reactive ketones (excluding diaryl/α,β-unsaturated/α-hetero) is 1. The molecule has 1 aliphatic carbocycles. The van der Waals surface area contributed by atoms with E-state index in [-0.39, 0.29) is 6.10 Å². The summed E-state index contributed by atoms with van der Waals surface area (Å²) in [6.45, 7) is 4.38. The fourth-order valence-electron chi connectivity index (χ4n) is 2.52. The minimum atomic E-state index is 0.206. The van der Waals surface area contributed by atoms with Crippen molar-refractivity contribution in [3.8, 4) is 0 Å². The van der Waals surface area contributed by atoms with E-state index >= 15 is 0 Å². The number of carbonyl (C=O) groups is 1. The molecule has 3 atom stereocenters. The van der Waals surface area contributed by atoms with Gasteiger partial charge >= 0.3 is 0 Å². The highest BCUT2D eigenvalue weighted by molar-refractivity contribution is 5.80. The molecule has 0 spiro atoms. The predicted octanol–water partition coefficient (Wildman–Crippen LogP) is 2.31. The zero-order valence-corrected chi connectivity index (χ0v) is 8.51. The lowest BCUT2D eigenvalue weighted by Crippen LogP contribution is -2.46. The van der Waals surface area contributed by atoms with Crippen LogP contribution in [0.4, 0.5) is 0 Å². The van der Waals surface area contributed by atoms with E-state index in [0.717, 1.165) is 19.3 Å². The van der Waals surface area contributed by atoms with Gasteiger partial charge in [-0.2, -0.15) is 0 Å². The molecule has 2 fully saturated rings. The van der Waals surface area contributed by atoms with E-state index in [2.05, 4.69) is 13.8 Å². The molecule has 2 heteroatoms. The standard InChI is InChI=1S/C11H18O2/c1-8-3-5-11(2)6-4-9(12)7-10(11)13-8/h8,10H,3-7H2,1-2H3. The summed E-state index contributed by atoms with van der Waals surface area (Å²) in [6, 6.07) is 0. The molecule has 2 aliphatic rings. The maximum absolute atomic E-state index is 11.3. The summed E-state index contributed by atoms with van der Waals surface area (Å²) in [5, 5.41) is 0. The Morgan fingerprint density at radius 3 is 3.00 bits per heavy atom. The summed E-state index contributed by atoms with van der Waals surface area (Å²) in [6.07, 6.45) is 5.39. The average Bonchev–Trinajstić information content (AvgIpc) is 2.08. The normalized spacial score (nSPS) is 45.8. The monoisotopic (exact) mass is 182 g/mol. The van der Waals surface area contributed by atoms with Crippen molar-refractivity contribution in [3.05, 3.63) is 0 Å². The maximum Gasteiger partial charge on any atom is 0.135 e. The van der Waals surface area contributed by atoms with Crippen LogP contribution in [0.3, 0.4) is 0 Å². The van der Waals surface area contributed by atoms with Crippen molar-refractivity contribution in [1.29, 1.82) is 0 Å². The average molecular weight is 182 g/mol. The van der Waals surface area contributed by atoms with Gasteiger partial charge in [-0.25, -0.2) is 0 Å². The van der Waals surface area contributed by atoms with Crippen LogP contribution in [0.2, 0.25) is 0 Å². The molecule has 0 aromatic carbocycles. The Bertz CT molecular complexity index is 224. The van der Waals surface area contributed by atoms with Crippen LogP contribution in [0.1, 0.15) is 46.0 Å². The second-order valence-corrected chi connectivity index (χ2v) is 4.87. The highest BCUT2D eigenvalue weighted by Gasteiger charge is 2.43. The number of fused-ring (bicyclic) bond motifs is 1. The van der Waals surface area contributed by atoms with Crippen LogP contribution in [0.15, 0.2) is 0 Å². The Morgan fingerprint density at radius 2 is 2.23 bits per heavy atom. The molecule has 0 bridgehead atoms. The summed E-state index contributed by atoms with van der Waals surface area (Å²) in [7, 11) is 0. The maximum atomic E-state index is 11.3. The summed E-state index contributed by atoms with van der Waals surface area (Å²) in [5.74, 6) is 0.386. The first kappa shape index (κ1) is 9.20. The first-order valence-electron chi connectivity index (χ1n) is 5.27. The topological polar surface area (TPSA) is 26.3 Å². The van der Waals surface area contributed by atoms with Gasteiger partial charge in [-0.1, -0.05) is 6.92 Å². The molecular formula is C11H18O2. The van der Waals surface area contributed by atoms with Gasteiger partial charge in [-0.3, -0.25) is 4.79 Å². The van der Waals surface area contributed by atoms with E-state index in [1.807, 2.05) is 0 Å². The Kier molecular flexibility index (Phi) is 2.18.